The Labute approximate surface area is 481 Å². The molecule has 1 heterocycles. The summed E-state index contributed by atoms with van der Waals surface area (Å²) >= 11 is 0. The third-order valence-corrected chi connectivity index (χ3v) is 15.8. The van der Waals surface area contributed by atoms with Crippen LogP contribution in [0.15, 0.2) is 60.8 Å². The van der Waals surface area contributed by atoms with Crippen molar-refractivity contribution in [2.45, 2.75) is 358 Å². The van der Waals surface area contributed by atoms with E-state index in [1.165, 1.54) is 244 Å². The summed E-state index contributed by atoms with van der Waals surface area (Å²) in [7, 11) is 0. The van der Waals surface area contributed by atoms with E-state index < -0.39 is 49.5 Å². The molecule has 1 aliphatic heterocycles. The van der Waals surface area contributed by atoms with Gasteiger partial charge in [0, 0.05) is 6.42 Å². The summed E-state index contributed by atoms with van der Waals surface area (Å²) in [5, 5.41) is 54.6. The molecule has 7 atom stereocenters. The lowest BCUT2D eigenvalue weighted by atomic mass is 9.99. The summed E-state index contributed by atoms with van der Waals surface area (Å²) in [5.41, 5.74) is 0. The van der Waals surface area contributed by atoms with E-state index in [0.29, 0.717) is 6.42 Å². The number of unbranched alkanes of at least 4 members (excludes halogenated alkanes) is 40. The largest absolute Gasteiger partial charge is 0.394 e. The van der Waals surface area contributed by atoms with Gasteiger partial charge in [0.15, 0.2) is 6.29 Å². The lowest BCUT2D eigenvalue weighted by Gasteiger charge is -2.40. The fourth-order valence-electron chi connectivity index (χ4n) is 10.5. The highest BCUT2D eigenvalue weighted by molar-refractivity contribution is 5.76. The molecule has 1 saturated heterocycles. The first kappa shape index (κ1) is 73.9. The van der Waals surface area contributed by atoms with Gasteiger partial charge in [0.1, 0.15) is 24.4 Å². The molecule has 0 aliphatic carbocycles. The molecule has 6 N–H and O–H groups in total. The van der Waals surface area contributed by atoms with Gasteiger partial charge in [-0.25, -0.2) is 0 Å². The highest BCUT2D eigenvalue weighted by Gasteiger charge is 2.44. The van der Waals surface area contributed by atoms with Crippen molar-refractivity contribution in [1.29, 1.82) is 0 Å². The van der Waals surface area contributed by atoms with Crippen molar-refractivity contribution < 1.29 is 39.8 Å². The molecular weight excluding hydrogens is 971 g/mol. The van der Waals surface area contributed by atoms with Crippen molar-refractivity contribution in [3.63, 3.8) is 0 Å². The zero-order valence-electron chi connectivity index (χ0n) is 50.9. The van der Waals surface area contributed by atoms with Gasteiger partial charge in [0.05, 0.1) is 25.4 Å². The van der Waals surface area contributed by atoms with Gasteiger partial charge in [-0.1, -0.05) is 293 Å². The van der Waals surface area contributed by atoms with Crippen LogP contribution in [0, 0.1) is 0 Å². The number of amides is 1. The number of nitrogens with one attached hydrogen (secondary N) is 1. The Balaban J connectivity index is 2.09. The molecule has 0 spiro atoms. The summed E-state index contributed by atoms with van der Waals surface area (Å²) in [6.07, 6.45) is 73.3. The third kappa shape index (κ3) is 46.5. The minimum Gasteiger partial charge on any atom is -0.394 e. The van der Waals surface area contributed by atoms with Gasteiger partial charge in [0.25, 0.3) is 0 Å². The van der Waals surface area contributed by atoms with Crippen LogP contribution in [0.5, 0.6) is 0 Å². The Morgan fingerprint density at radius 1 is 0.436 bits per heavy atom. The van der Waals surface area contributed by atoms with Crippen molar-refractivity contribution >= 4 is 5.91 Å². The van der Waals surface area contributed by atoms with Gasteiger partial charge >= 0.3 is 0 Å². The first-order valence-corrected chi connectivity index (χ1v) is 33.5. The van der Waals surface area contributed by atoms with Gasteiger partial charge in [-0.2, -0.15) is 0 Å². The van der Waals surface area contributed by atoms with E-state index in [1.807, 2.05) is 6.08 Å². The molecule has 9 heteroatoms. The van der Waals surface area contributed by atoms with Crippen LogP contribution in [0.25, 0.3) is 0 Å². The average molecular weight is 1100 g/mol. The van der Waals surface area contributed by atoms with Gasteiger partial charge in [-0.05, 0) is 77.0 Å². The molecule has 78 heavy (non-hydrogen) atoms. The SMILES string of the molecule is CCCCCCC/C=C\C/C=C\CCCCCCCCCCCCCCCCCCCCCCCCCCCC(=O)NC(COC1OC(CO)C(O)C(O)C1O)C(O)/C=C/CC/C=C/CC/C=C/CCCCCCCCCC. The maximum absolute atomic E-state index is 13.1. The first-order valence-electron chi connectivity index (χ1n) is 33.5. The number of rotatable bonds is 58. The maximum atomic E-state index is 13.1. The maximum Gasteiger partial charge on any atom is 0.220 e. The normalized spacial score (nSPS) is 19.0. The second-order valence-electron chi connectivity index (χ2n) is 23.2. The van der Waals surface area contributed by atoms with Gasteiger partial charge in [-0.15, -0.1) is 0 Å². The van der Waals surface area contributed by atoms with E-state index in [0.717, 1.165) is 51.4 Å². The number of hydrogen-bond acceptors (Lipinski definition) is 8. The molecule has 0 saturated carbocycles. The molecule has 9 nitrogen and oxygen atoms in total. The van der Waals surface area contributed by atoms with Crippen molar-refractivity contribution in [3.8, 4) is 0 Å². The van der Waals surface area contributed by atoms with Crippen LogP contribution in [-0.2, 0) is 14.3 Å². The number of aliphatic hydroxyl groups excluding tert-OH is 5. The van der Waals surface area contributed by atoms with Crippen molar-refractivity contribution in [1.82, 2.24) is 5.32 Å². The van der Waals surface area contributed by atoms with Gasteiger partial charge in [0.2, 0.25) is 5.91 Å². The summed E-state index contributed by atoms with van der Waals surface area (Å²) in [6, 6.07) is -0.829. The monoisotopic (exact) mass is 1100 g/mol. The van der Waals surface area contributed by atoms with Gasteiger partial charge < -0.3 is 40.3 Å². The Hall–Kier alpha value is -2.11. The Morgan fingerprint density at radius 3 is 1.15 bits per heavy atom. The fourth-order valence-corrected chi connectivity index (χ4v) is 10.5. The number of carbonyl (C=O) groups is 1. The van der Waals surface area contributed by atoms with E-state index in [4.69, 9.17) is 9.47 Å². The molecule has 0 aromatic heterocycles. The standard InChI is InChI=1S/C69H127NO8/c1-3-5-7-9-11-13-15-17-19-21-23-24-25-26-27-28-29-30-31-32-33-34-35-36-37-38-39-40-41-43-45-47-49-51-53-55-57-59-65(73)70-62(61-77-69-68(76)67(75)66(74)64(60-71)78-69)63(72)58-56-54-52-50-48-46-44-42-22-20-18-16-14-12-10-8-6-4-2/h15,17,21-23,42,48,50,56,58,62-64,66-69,71-72,74-76H,3-14,16,18-20,24-41,43-47,49,51-55,57,59-61H2,1-2H3,(H,70,73)/b17-15-,23-21-,42-22+,50-48+,58-56+. The predicted molar refractivity (Wildman–Crippen MR) is 332 cm³/mol. The first-order chi connectivity index (χ1) is 38.3. The van der Waals surface area contributed by atoms with Crippen LogP contribution in [0.1, 0.15) is 316 Å². The molecule has 7 unspecified atom stereocenters. The van der Waals surface area contributed by atoms with Gasteiger partial charge in [-0.3, -0.25) is 4.79 Å². The van der Waals surface area contributed by atoms with E-state index in [9.17, 15) is 30.3 Å². The number of allylic oxidation sites excluding steroid dienone is 9. The van der Waals surface area contributed by atoms with Crippen molar-refractivity contribution in [2.75, 3.05) is 13.2 Å². The quantitative estimate of drug-likeness (QED) is 0.0261. The molecular formula is C69H127NO8. The molecule has 1 fully saturated rings. The Bertz CT molecular complexity index is 1410. The van der Waals surface area contributed by atoms with Crippen LogP contribution >= 0.6 is 0 Å². The Morgan fingerprint density at radius 2 is 0.769 bits per heavy atom. The number of hydrogen-bond donors (Lipinski definition) is 6. The topological polar surface area (TPSA) is 149 Å². The lowest BCUT2D eigenvalue weighted by Crippen LogP contribution is -2.60. The van der Waals surface area contributed by atoms with Crippen LogP contribution in [-0.4, -0.2) is 87.5 Å². The van der Waals surface area contributed by atoms with E-state index in [2.05, 4.69) is 67.8 Å². The zero-order valence-corrected chi connectivity index (χ0v) is 50.9. The van der Waals surface area contributed by atoms with Crippen LogP contribution in [0.2, 0.25) is 0 Å². The van der Waals surface area contributed by atoms with E-state index in [-0.39, 0.29) is 12.5 Å². The molecule has 1 amide bonds. The molecule has 0 aromatic rings. The third-order valence-electron chi connectivity index (χ3n) is 15.8. The second kappa shape index (κ2) is 58.1. The number of aliphatic hydroxyl groups is 5. The summed E-state index contributed by atoms with van der Waals surface area (Å²) in [4.78, 5) is 13.1. The summed E-state index contributed by atoms with van der Waals surface area (Å²) in [6.45, 7) is 3.77. The van der Waals surface area contributed by atoms with E-state index >= 15 is 0 Å². The minimum absolute atomic E-state index is 0.186. The van der Waals surface area contributed by atoms with Crippen LogP contribution < -0.4 is 5.32 Å². The smallest absolute Gasteiger partial charge is 0.220 e. The lowest BCUT2D eigenvalue weighted by molar-refractivity contribution is -0.302. The highest BCUT2D eigenvalue weighted by atomic mass is 16.7. The predicted octanol–water partition coefficient (Wildman–Crippen LogP) is 17.8. The fraction of sp³-hybridized carbons (Fsp3) is 0.841. The molecule has 1 aliphatic rings. The van der Waals surface area contributed by atoms with Crippen molar-refractivity contribution in [3.05, 3.63) is 60.8 Å². The molecule has 0 radical (unpaired) electrons. The van der Waals surface area contributed by atoms with Crippen LogP contribution in [0.4, 0.5) is 0 Å². The Kier molecular flexibility index (Phi) is 55.0. The average Bonchev–Trinajstić information content (AvgIpc) is 3.45. The van der Waals surface area contributed by atoms with E-state index in [1.54, 1.807) is 6.08 Å². The van der Waals surface area contributed by atoms with Crippen LogP contribution in [0.3, 0.4) is 0 Å². The molecule has 0 bridgehead atoms. The molecule has 1 rings (SSSR count). The van der Waals surface area contributed by atoms with Crippen molar-refractivity contribution in [2.24, 2.45) is 0 Å². The minimum atomic E-state index is -1.58. The zero-order chi connectivity index (χ0) is 56.5. The molecule has 456 valence electrons. The number of carbonyl (C=O) groups excluding carboxylic acids is 1. The second-order valence-corrected chi connectivity index (χ2v) is 23.2. The summed E-state index contributed by atoms with van der Waals surface area (Å²) < 4.78 is 11.3. The summed E-state index contributed by atoms with van der Waals surface area (Å²) in [5.74, 6) is -0.186. The highest BCUT2D eigenvalue weighted by Crippen LogP contribution is 2.23. The number of ether oxygens (including phenoxy) is 2. The molecule has 0 aromatic carbocycles.